The summed E-state index contributed by atoms with van der Waals surface area (Å²) in [4.78, 5) is 2.35. The van der Waals surface area contributed by atoms with Gasteiger partial charge in [-0.3, -0.25) is 4.90 Å². The Morgan fingerprint density at radius 1 is 1.33 bits per heavy atom. The van der Waals surface area contributed by atoms with Gasteiger partial charge in [-0.2, -0.15) is 0 Å². The van der Waals surface area contributed by atoms with Crippen LogP contribution in [0.15, 0.2) is 18.2 Å². The molecular weight excluding hydrogens is 270 g/mol. The number of hydrogen-bond acceptors (Lipinski definition) is 2. The molecule has 2 nitrogen and oxygen atoms in total. The molecule has 0 spiro atoms. The summed E-state index contributed by atoms with van der Waals surface area (Å²) in [7, 11) is 0. The first-order valence-corrected chi connectivity index (χ1v) is 7.99. The Labute approximate surface area is 126 Å². The van der Waals surface area contributed by atoms with E-state index in [4.69, 9.17) is 0 Å². The molecule has 1 fully saturated rings. The van der Waals surface area contributed by atoms with Gasteiger partial charge in [-0.1, -0.05) is 13.0 Å². The van der Waals surface area contributed by atoms with Crippen LogP contribution < -0.4 is 5.32 Å². The predicted octanol–water partition coefficient (Wildman–Crippen LogP) is 3.56. The molecule has 4 heteroatoms. The maximum Gasteiger partial charge on any atom is 0.159 e. The van der Waals surface area contributed by atoms with Crippen LogP contribution in [0.1, 0.15) is 38.7 Å². The molecular formula is C17H26F2N2. The summed E-state index contributed by atoms with van der Waals surface area (Å²) in [6, 6.07) is 4.73. The molecule has 1 N–H and O–H groups in total. The molecule has 0 radical (unpaired) electrons. The third kappa shape index (κ3) is 4.75. The van der Waals surface area contributed by atoms with E-state index in [2.05, 4.69) is 24.1 Å². The summed E-state index contributed by atoms with van der Waals surface area (Å²) in [6.07, 6.45) is 3.56. The Balaban J connectivity index is 1.90. The van der Waals surface area contributed by atoms with Gasteiger partial charge in [0.15, 0.2) is 11.6 Å². The highest BCUT2D eigenvalue weighted by Crippen LogP contribution is 2.22. The molecule has 2 rings (SSSR count). The Kier molecular flexibility index (Phi) is 6.12. The van der Waals surface area contributed by atoms with Crippen molar-refractivity contribution in [1.82, 2.24) is 10.2 Å². The van der Waals surface area contributed by atoms with Crippen molar-refractivity contribution in [1.29, 1.82) is 0 Å². The zero-order valence-electron chi connectivity index (χ0n) is 13.0. The van der Waals surface area contributed by atoms with Crippen molar-refractivity contribution in [2.45, 2.75) is 45.7 Å². The van der Waals surface area contributed by atoms with Gasteiger partial charge in [-0.25, -0.2) is 8.78 Å². The molecule has 1 aliphatic rings. The van der Waals surface area contributed by atoms with Gasteiger partial charge in [0.05, 0.1) is 0 Å². The molecule has 2 atom stereocenters. The summed E-state index contributed by atoms with van der Waals surface area (Å²) in [5.74, 6) is -0.887. The highest BCUT2D eigenvalue weighted by molar-refractivity contribution is 5.17. The first-order chi connectivity index (χ1) is 10.1. The fourth-order valence-corrected chi connectivity index (χ4v) is 3.08. The monoisotopic (exact) mass is 296 g/mol. The van der Waals surface area contributed by atoms with Gasteiger partial charge in [-0.15, -0.1) is 0 Å². The van der Waals surface area contributed by atoms with Crippen LogP contribution in [-0.4, -0.2) is 30.6 Å². The maximum atomic E-state index is 13.3. The molecule has 1 aliphatic heterocycles. The summed E-state index contributed by atoms with van der Waals surface area (Å²) in [6.45, 7) is 8.25. The molecule has 21 heavy (non-hydrogen) atoms. The van der Waals surface area contributed by atoms with Crippen molar-refractivity contribution in [3.63, 3.8) is 0 Å². The maximum absolute atomic E-state index is 13.3. The topological polar surface area (TPSA) is 15.3 Å². The van der Waals surface area contributed by atoms with Crippen LogP contribution in [0.2, 0.25) is 0 Å². The quantitative estimate of drug-likeness (QED) is 0.863. The second-order valence-electron chi connectivity index (χ2n) is 6.13. The molecule has 118 valence electrons. The second-order valence-corrected chi connectivity index (χ2v) is 6.13. The number of piperidine rings is 1. The molecule has 0 bridgehead atoms. The Morgan fingerprint density at radius 2 is 2.14 bits per heavy atom. The molecule has 0 amide bonds. The average molecular weight is 296 g/mol. The van der Waals surface area contributed by atoms with Crippen LogP contribution in [0.3, 0.4) is 0 Å². The van der Waals surface area contributed by atoms with Gasteiger partial charge in [0.1, 0.15) is 0 Å². The SMILES string of the molecule is CCCNC(C)C1CCCN(Cc2ccc(F)c(F)c2)C1. The van der Waals surface area contributed by atoms with E-state index in [1.165, 1.54) is 25.0 Å². The zero-order valence-corrected chi connectivity index (χ0v) is 13.0. The van der Waals surface area contributed by atoms with Gasteiger partial charge in [0.2, 0.25) is 0 Å². The number of nitrogens with one attached hydrogen (secondary N) is 1. The largest absolute Gasteiger partial charge is 0.314 e. The highest BCUT2D eigenvalue weighted by atomic mass is 19.2. The lowest BCUT2D eigenvalue weighted by atomic mass is 9.91. The lowest BCUT2D eigenvalue weighted by Gasteiger charge is -2.36. The standard InChI is InChI=1S/C17H26F2N2/c1-3-8-20-13(2)15-5-4-9-21(12-15)11-14-6-7-16(18)17(19)10-14/h6-7,10,13,15,20H,3-5,8-9,11-12H2,1-2H3. The Hall–Kier alpha value is -1.00. The van der Waals surface area contributed by atoms with E-state index < -0.39 is 11.6 Å². The van der Waals surface area contributed by atoms with E-state index in [0.29, 0.717) is 18.5 Å². The third-order valence-electron chi connectivity index (χ3n) is 4.36. The van der Waals surface area contributed by atoms with E-state index in [1.54, 1.807) is 6.07 Å². The summed E-state index contributed by atoms with van der Waals surface area (Å²) in [5, 5.41) is 3.57. The van der Waals surface area contributed by atoms with Crippen LogP contribution in [0, 0.1) is 17.6 Å². The van der Waals surface area contributed by atoms with Crippen LogP contribution in [0.5, 0.6) is 0 Å². The van der Waals surface area contributed by atoms with Crippen molar-refractivity contribution in [2.75, 3.05) is 19.6 Å². The van der Waals surface area contributed by atoms with Gasteiger partial charge in [0.25, 0.3) is 0 Å². The lowest BCUT2D eigenvalue weighted by Crippen LogP contribution is -2.44. The number of benzene rings is 1. The van der Waals surface area contributed by atoms with Gasteiger partial charge in [0, 0.05) is 19.1 Å². The minimum absolute atomic E-state index is 0.512. The van der Waals surface area contributed by atoms with E-state index in [9.17, 15) is 8.78 Å². The number of hydrogen-bond donors (Lipinski definition) is 1. The molecule has 0 saturated carbocycles. The van der Waals surface area contributed by atoms with Gasteiger partial charge in [-0.05, 0) is 62.9 Å². The highest BCUT2D eigenvalue weighted by Gasteiger charge is 2.24. The fourth-order valence-electron chi connectivity index (χ4n) is 3.08. The molecule has 0 aliphatic carbocycles. The van der Waals surface area contributed by atoms with Crippen LogP contribution in [0.25, 0.3) is 0 Å². The normalized spacial score (nSPS) is 21.4. The fraction of sp³-hybridized carbons (Fsp3) is 0.647. The molecule has 1 heterocycles. The van der Waals surface area contributed by atoms with Crippen molar-refractivity contribution in [2.24, 2.45) is 5.92 Å². The molecule has 1 aromatic carbocycles. The Morgan fingerprint density at radius 3 is 2.86 bits per heavy atom. The third-order valence-corrected chi connectivity index (χ3v) is 4.36. The van der Waals surface area contributed by atoms with Crippen molar-refractivity contribution in [3.05, 3.63) is 35.4 Å². The minimum atomic E-state index is -0.771. The van der Waals surface area contributed by atoms with E-state index in [-0.39, 0.29) is 0 Å². The minimum Gasteiger partial charge on any atom is -0.314 e. The van der Waals surface area contributed by atoms with E-state index in [1.807, 2.05) is 0 Å². The van der Waals surface area contributed by atoms with Gasteiger partial charge < -0.3 is 5.32 Å². The molecule has 1 aromatic rings. The number of halogens is 2. The molecule has 1 saturated heterocycles. The van der Waals surface area contributed by atoms with Gasteiger partial charge >= 0.3 is 0 Å². The van der Waals surface area contributed by atoms with Crippen LogP contribution in [0.4, 0.5) is 8.78 Å². The smallest absolute Gasteiger partial charge is 0.159 e. The second kappa shape index (κ2) is 7.85. The zero-order chi connectivity index (χ0) is 15.2. The molecule has 2 unspecified atom stereocenters. The Bertz CT molecular complexity index is 450. The van der Waals surface area contributed by atoms with Crippen molar-refractivity contribution in [3.8, 4) is 0 Å². The van der Waals surface area contributed by atoms with Crippen molar-refractivity contribution < 1.29 is 8.78 Å². The summed E-state index contributed by atoms with van der Waals surface area (Å²) >= 11 is 0. The first kappa shape index (κ1) is 16.4. The first-order valence-electron chi connectivity index (χ1n) is 7.99. The summed E-state index contributed by atoms with van der Waals surface area (Å²) in [5.41, 5.74) is 0.851. The number of nitrogens with zero attached hydrogens (tertiary/aromatic N) is 1. The predicted molar refractivity (Wildman–Crippen MR) is 82.1 cm³/mol. The average Bonchev–Trinajstić information content (AvgIpc) is 2.49. The lowest BCUT2D eigenvalue weighted by molar-refractivity contribution is 0.144. The summed E-state index contributed by atoms with van der Waals surface area (Å²) < 4.78 is 26.2. The van der Waals surface area contributed by atoms with Crippen LogP contribution >= 0.6 is 0 Å². The number of likely N-dealkylation sites (tertiary alicyclic amines) is 1. The number of rotatable bonds is 6. The van der Waals surface area contributed by atoms with Crippen molar-refractivity contribution >= 4 is 0 Å². The van der Waals surface area contributed by atoms with E-state index >= 15 is 0 Å². The van der Waals surface area contributed by atoms with Crippen LogP contribution in [-0.2, 0) is 6.54 Å². The van der Waals surface area contributed by atoms with E-state index in [0.717, 1.165) is 31.6 Å². The molecule has 0 aromatic heterocycles.